The first-order chi connectivity index (χ1) is 13.6. The molecule has 7 nitrogen and oxygen atoms in total. The molecule has 0 saturated carbocycles. The zero-order chi connectivity index (χ0) is 19.5. The van der Waals surface area contributed by atoms with Gasteiger partial charge in [0.15, 0.2) is 11.5 Å². The van der Waals surface area contributed by atoms with Crippen LogP contribution in [0.5, 0.6) is 11.5 Å². The summed E-state index contributed by atoms with van der Waals surface area (Å²) in [5.74, 6) is 1.75. The summed E-state index contributed by atoms with van der Waals surface area (Å²) in [5, 5.41) is 2.94. The zero-order valence-electron chi connectivity index (χ0n) is 15.7. The number of nitrogens with zero attached hydrogens (tertiary/aromatic N) is 2. The third-order valence-electron chi connectivity index (χ3n) is 4.49. The highest BCUT2D eigenvalue weighted by molar-refractivity contribution is 5.83. The van der Waals surface area contributed by atoms with Gasteiger partial charge in [0.2, 0.25) is 18.6 Å². The molecule has 1 aliphatic rings. The van der Waals surface area contributed by atoms with Crippen molar-refractivity contribution in [2.45, 2.75) is 12.6 Å². The lowest BCUT2D eigenvalue weighted by molar-refractivity contribution is -0.126. The summed E-state index contributed by atoms with van der Waals surface area (Å²) in [5.41, 5.74) is 2.39. The molecule has 0 aliphatic carbocycles. The maximum absolute atomic E-state index is 12.9. The van der Waals surface area contributed by atoms with E-state index in [1.54, 1.807) is 6.26 Å². The van der Waals surface area contributed by atoms with E-state index in [9.17, 15) is 4.79 Å². The van der Waals surface area contributed by atoms with Gasteiger partial charge in [-0.3, -0.25) is 9.69 Å². The molecule has 1 amide bonds. The Labute approximate surface area is 162 Å². The molecule has 28 heavy (non-hydrogen) atoms. The molecule has 0 unspecified atom stereocenters. The van der Waals surface area contributed by atoms with Gasteiger partial charge < -0.3 is 19.2 Å². The second-order valence-corrected chi connectivity index (χ2v) is 6.71. The largest absolute Gasteiger partial charge is 0.454 e. The second-order valence-electron chi connectivity index (χ2n) is 6.71. The van der Waals surface area contributed by atoms with Gasteiger partial charge in [-0.1, -0.05) is 24.3 Å². The first kappa shape index (κ1) is 18.1. The van der Waals surface area contributed by atoms with Crippen molar-refractivity contribution in [3.05, 3.63) is 66.1 Å². The number of aromatic nitrogens is 1. The molecule has 7 heteroatoms. The van der Waals surface area contributed by atoms with Gasteiger partial charge in [-0.15, -0.1) is 0 Å². The number of rotatable bonds is 6. The van der Waals surface area contributed by atoms with Crippen molar-refractivity contribution >= 4 is 5.91 Å². The van der Waals surface area contributed by atoms with Crippen LogP contribution < -0.4 is 14.8 Å². The number of oxazole rings is 1. The van der Waals surface area contributed by atoms with Crippen LogP contribution in [0.15, 0.2) is 59.2 Å². The summed E-state index contributed by atoms with van der Waals surface area (Å²) >= 11 is 0. The van der Waals surface area contributed by atoms with Crippen molar-refractivity contribution in [2.75, 3.05) is 20.9 Å². The molecule has 0 spiro atoms. The highest BCUT2D eigenvalue weighted by atomic mass is 16.7. The van der Waals surface area contributed by atoms with Crippen molar-refractivity contribution in [1.82, 2.24) is 15.2 Å². The molecule has 1 aliphatic heterocycles. The van der Waals surface area contributed by atoms with Gasteiger partial charge in [0.25, 0.3) is 0 Å². The Hall–Kier alpha value is -3.32. The number of carbonyl (C=O) groups is 1. The fourth-order valence-electron chi connectivity index (χ4n) is 3.14. The van der Waals surface area contributed by atoms with E-state index < -0.39 is 6.04 Å². The topological polar surface area (TPSA) is 76.8 Å². The fourth-order valence-corrected chi connectivity index (χ4v) is 3.14. The summed E-state index contributed by atoms with van der Waals surface area (Å²) in [6.45, 7) is 0.484. The van der Waals surface area contributed by atoms with Gasteiger partial charge in [0.1, 0.15) is 12.3 Å². The van der Waals surface area contributed by atoms with E-state index in [0.29, 0.717) is 23.1 Å². The van der Waals surface area contributed by atoms with Gasteiger partial charge >= 0.3 is 0 Å². The number of benzene rings is 2. The molecule has 2 heterocycles. The first-order valence-corrected chi connectivity index (χ1v) is 8.95. The minimum atomic E-state index is -0.463. The average Bonchev–Trinajstić information content (AvgIpc) is 3.36. The molecule has 4 rings (SSSR count). The predicted octanol–water partition coefficient (Wildman–Crippen LogP) is 2.99. The van der Waals surface area contributed by atoms with Crippen LogP contribution >= 0.6 is 0 Å². The SMILES string of the molecule is CN(C)[C@@H](C(=O)NCc1coc(-c2ccccc2)n1)c1ccc2c(c1)OCO2. The van der Waals surface area contributed by atoms with Gasteiger partial charge in [-0.25, -0.2) is 4.98 Å². The molecule has 144 valence electrons. The number of nitrogens with one attached hydrogen (secondary N) is 1. The van der Waals surface area contributed by atoms with Crippen molar-refractivity contribution in [3.8, 4) is 23.0 Å². The molecular weight excluding hydrogens is 358 g/mol. The molecule has 1 aromatic heterocycles. The van der Waals surface area contributed by atoms with Gasteiger partial charge in [-0.2, -0.15) is 0 Å². The Balaban J connectivity index is 1.45. The predicted molar refractivity (Wildman–Crippen MR) is 103 cm³/mol. The highest BCUT2D eigenvalue weighted by Crippen LogP contribution is 2.35. The summed E-state index contributed by atoms with van der Waals surface area (Å²) < 4.78 is 16.3. The van der Waals surface area contributed by atoms with Crippen LogP contribution in [0.4, 0.5) is 0 Å². The summed E-state index contributed by atoms with van der Waals surface area (Å²) in [6.07, 6.45) is 1.56. The quantitative estimate of drug-likeness (QED) is 0.710. The number of carbonyl (C=O) groups excluding carboxylic acids is 1. The number of ether oxygens (including phenoxy) is 2. The van der Waals surface area contributed by atoms with Crippen molar-refractivity contribution < 1.29 is 18.7 Å². The van der Waals surface area contributed by atoms with Crippen LogP contribution in [0.2, 0.25) is 0 Å². The van der Waals surface area contributed by atoms with Crippen LogP contribution in [-0.4, -0.2) is 36.7 Å². The summed E-state index contributed by atoms with van der Waals surface area (Å²) in [6, 6.07) is 14.7. The number of likely N-dealkylation sites (N-methyl/N-ethyl adjacent to an activating group) is 1. The maximum Gasteiger partial charge on any atom is 0.242 e. The molecule has 2 aromatic carbocycles. The number of amides is 1. The third-order valence-corrected chi connectivity index (χ3v) is 4.49. The minimum absolute atomic E-state index is 0.131. The highest BCUT2D eigenvalue weighted by Gasteiger charge is 2.25. The summed E-state index contributed by atoms with van der Waals surface area (Å²) in [7, 11) is 3.72. The zero-order valence-corrected chi connectivity index (χ0v) is 15.7. The molecule has 0 radical (unpaired) electrons. The van der Waals surface area contributed by atoms with Crippen molar-refractivity contribution in [2.24, 2.45) is 0 Å². The Bertz CT molecular complexity index is 969. The Morgan fingerprint density at radius 1 is 1.14 bits per heavy atom. The first-order valence-electron chi connectivity index (χ1n) is 8.95. The van der Waals surface area contributed by atoms with Crippen LogP contribution in [-0.2, 0) is 11.3 Å². The minimum Gasteiger partial charge on any atom is -0.454 e. The van der Waals surface area contributed by atoms with Crippen LogP contribution in [0.1, 0.15) is 17.3 Å². The van der Waals surface area contributed by atoms with Gasteiger partial charge in [0.05, 0.1) is 12.2 Å². The molecular formula is C21H21N3O4. The van der Waals surface area contributed by atoms with Crippen molar-refractivity contribution in [3.63, 3.8) is 0 Å². The fraction of sp³-hybridized carbons (Fsp3) is 0.238. The smallest absolute Gasteiger partial charge is 0.242 e. The van der Waals surface area contributed by atoms with Crippen molar-refractivity contribution in [1.29, 1.82) is 0 Å². The van der Waals surface area contributed by atoms with Crippen LogP contribution in [0.3, 0.4) is 0 Å². The normalized spacial score (nSPS) is 13.5. The number of hydrogen-bond donors (Lipinski definition) is 1. The lowest BCUT2D eigenvalue weighted by atomic mass is 10.0. The average molecular weight is 379 g/mol. The van der Waals surface area contributed by atoms with Crippen LogP contribution in [0, 0.1) is 0 Å². The second kappa shape index (κ2) is 7.74. The molecule has 0 saturated heterocycles. The molecule has 1 N–H and O–H groups in total. The molecule has 0 fully saturated rings. The standard InChI is InChI=1S/C21H21N3O4/c1-24(2)19(15-8-9-17-18(10-15)28-13-27-17)20(25)22-11-16-12-26-21(23-16)14-6-4-3-5-7-14/h3-10,12,19H,11,13H2,1-2H3,(H,22,25)/t19-/m1/s1. The third kappa shape index (κ3) is 3.70. The van der Waals surface area contributed by atoms with E-state index in [2.05, 4.69) is 10.3 Å². The lowest BCUT2D eigenvalue weighted by Gasteiger charge is -2.23. The van der Waals surface area contributed by atoms with E-state index in [0.717, 1.165) is 11.1 Å². The Kier molecular flexibility index (Phi) is 4.99. The van der Waals surface area contributed by atoms with E-state index in [4.69, 9.17) is 13.9 Å². The number of hydrogen-bond acceptors (Lipinski definition) is 6. The monoisotopic (exact) mass is 379 g/mol. The molecule has 1 atom stereocenters. The van der Waals surface area contributed by atoms with Crippen LogP contribution in [0.25, 0.3) is 11.5 Å². The summed E-state index contributed by atoms with van der Waals surface area (Å²) in [4.78, 5) is 19.1. The number of fused-ring (bicyclic) bond motifs is 1. The lowest BCUT2D eigenvalue weighted by Crippen LogP contribution is -2.36. The van der Waals surface area contributed by atoms with Gasteiger partial charge in [-0.05, 0) is 43.9 Å². The van der Waals surface area contributed by atoms with E-state index in [1.807, 2.05) is 67.5 Å². The van der Waals surface area contributed by atoms with E-state index in [1.165, 1.54) is 0 Å². The van der Waals surface area contributed by atoms with E-state index in [-0.39, 0.29) is 19.2 Å². The van der Waals surface area contributed by atoms with Gasteiger partial charge in [0, 0.05) is 5.56 Å². The molecule has 3 aromatic rings. The Morgan fingerprint density at radius 2 is 1.93 bits per heavy atom. The Morgan fingerprint density at radius 3 is 2.71 bits per heavy atom. The van der Waals surface area contributed by atoms with E-state index >= 15 is 0 Å². The molecule has 0 bridgehead atoms. The maximum atomic E-state index is 12.9.